The van der Waals surface area contributed by atoms with Crippen LogP contribution < -0.4 is 0 Å². The monoisotopic (exact) mass is 757 g/mol. The first-order valence-corrected chi connectivity index (χ1v) is 20.3. The van der Waals surface area contributed by atoms with Crippen LogP contribution in [-0.4, -0.2) is 16.1 Å². The number of fused-ring (bicyclic) bond motifs is 6. The molecule has 8 aromatic carbocycles. The van der Waals surface area contributed by atoms with Crippen molar-refractivity contribution < 1.29 is 0 Å². The summed E-state index contributed by atoms with van der Waals surface area (Å²) in [5.41, 5.74) is 13.5. The number of thiophene rings is 1. The Balaban J connectivity index is 1.06. The van der Waals surface area contributed by atoms with Crippen LogP contribution in [-0.2, 0) is 0 Å². The minimum atomic E-state index is 0.645. The van der Waals surface area contributed by atoms with E-state index < -0.39 is 0 Å². The molecule has 0 radical (unpaired) electrons. The Kier molecular flexibility index (Phi) is 8.16. The van der Waals surface area contributed by atoms with Gasteiger partial charge in [0.2, 0.25) is 0 Å². The van der Waals surface area contributed by atoms with Gasteiger partial charge in [-0.15, -0.1) is 11.3 Å². The van der Waals surface area contributed by atoms with Crippen molar-refractivity contribution >= 4 is 70.6 Å². The first-order valence-electron chi connectivity index (χ1n) is 19.5. The van der Waals surface area contributed by atoms with Crippen LogP contribution in [0.1, 0.15) is 16.7 Å². The minimum Gasteiger partial charge on any atom is -0.309 e. The number of hydrogen-bond donors (Lipinski definition) is 0. The van der Waals surface area contributed by atoms with E-state index in [-0.39, 0.29) is 0 Å². The van der Waals surface area contributed by atoms with E-state index in [4.69, 9.17) is 9.98 Å². The maximum atomic E-state index is 5.43. The summed E-state index contributed by atoms with van der Waals surface area (Å²) < 4.78 is 4.83. The lowest BCUT2D eigenvalue weighted by atomic mass is 9.96. The van der Waals surface area contributed by atoms with Crippen LogP contribution >= 0.6 is 11.3 Å². The molecule has 0 fully saturated rings. The number of benzene rings is 8. The Labute approximate surface area is 340 Å². The quantitative estimate of drug-likeness (QED) is 0.162. The van der Waals surface area contributed by atoms with Gasteiger partial charge in [0.05, 0.1) is 22.4 Å². The van der Waals surface area contributed by atoms with E-state index in [0.29, 0.717) is 5.84 Å². The lowest BCUT2D eigenvalue weighted by Crippen LogP contribution is -2.07. The topological polar surface area (TPSA) is 29.6 Å². The molecule has 0 amide bonds. The first kappa shape index (κ1) is 33.9. The Hall–Kier alpha value is -7.40. The minimum absolute atomic E-state index is 0.645. The molecule has 1 aliphatic heterocycles. The van der Waals surface area contributed by atoms with Gasteiger partial charge in [-0.1, -0.05) is 164 Å². The summed E-state index contributed by atoms with van der Waals surface area (Å²) in [4.78, 5) is 10.8. The van der Waals surface area contributed by atoms with Crippen LogP contribution in [0.3, 0.4) is 0 Å². The molecular formula is C54H35N3S. The molecule has 4 heteroatoms. The zero-order chi connectivity index (χ0) is 38.6. The molecule has 272 valence electrons. The summed E-state index contributed by atoms with van der Waals surface area (Å²) in [6.07, 6.45) is 2.11. The predicted molar refractivity (Wildman–Crippen MR) is 248 cm³/mol. The fourth-order valence-electron chi connectivity index (χ4n) is 8.35. The number of aliphatic imine (C=N–C) groups is 2. The van der Waals surface area contributed by atoms with Crippen LogP contribution in [0, 0.1) is 0 Å². The maximum Gasteiger partial charge on any atom is 0.160 e. The maximum absolute atomic E-state index is 5.43. The van der Waals surface area contributed by atoms with E-state index in [1.165, 1.54) is 47.6 Å². The highest BCUT2D eigenvalue weighted by Crippen LogP contribution is 2.39. The second-order valence-corrected chi connectivity index (χ2v) is 15.8. The third-order valence-electron chi connectivity index (χ3n) is 11.2. The van der Waals surface area contributed by atoms with Gasteiger partial charge in [0.15, 0.2) is 5.84 Å². The number of hydrogen-bond acceptors (Lipinski definition) is 3. The third kappa shape index (κ3) is 5.82. The summed E-state index contributed by atoms with van der Waals surface area (Å²) in [5.74, 6) is 0.645. The second-order valence-electron chi connectivity index (χ2n) is 14.7. The largest absolute Gasteiger partial charge is 0.309 e. The zero-order valence-corrected chi connectivity index (χ0v) is 32.3. The fourth-order valence-corrected chi connectivity index (χ4v) is 9.48. The van der Waals surface area contributed by atoms with Crippen LogP contribution in [0.15, 0.2) is 222 Å². The van der Waals surface area contributed by atoms with Crippen molar-refractivity contribution in [2.45, 2.75) is 0 Å². The number of rotatable bonds is 6. The number of aromatic nitrogens is 1. The normalized spacial score (nSPS) is 13.2. The van der Waals surface area contributed by atoms with E-state index in [1.54, 1.807) is 0 Å². The van der Waals surface area contributed by atoms with Gasteiger partial charge in [0, 0.05) is 53.3 Å². The average molecular weight is 758 g/mol. The highest BCUT2D eigenvalue weighted by Gasteiger charge is 2.21. The van der Waals surface area contributed by atoms with Crippen molar-refractivity contribution in [2.75, 3.05) is 0 Å². The van der Waals surface area contributed by atoms with Crippen molar-refractivity contribution in [3.63, 3.8) is 0 Å². The SMILES string of the molecule is C=C1C=C(c2ccc3c4ccccc4n(-c4ccccc4)c3c2)N=C(c2ccc(-c3ccc(-c4ccccc4)cc3)cc2)N=C1c1cccc2sc3ccccc3c12. The molecule has 0 saturated carbocycles. The standard InChI is InChI=1S/C54H35N3S/c1-35-33-47(41-31-32-44-43-17-8-10-20-48(43)57(49(44)34-41)42-15-6-3-7-16-42)55-54(56-53(35)46-19-12-22-51-52(46)45-18-9-11-21-50(45)58-51)40-29-27-39(28-30-40)38-25-23-37(24-26-38)36-13-4-2-5-14-36/h2-34H,1H2. The lowest BCUT2D eigenvalue weighted by molar-refractivity contribution is 1.18. The molecule has 3 nitrogen and oxygen atoms in total. The fraction of sp³-hybridized carbons (Fsp3) is 0. The molecule has 0 aliphatic carbocycles. The number of allylic oxidation sites excluding steroid dienone is 2. The van der Waals surface area contributed by atoms with E-state index in [0.717, 1.165) is 56.0 Å². The smallest absolute Gasteiger partial charge is 0.160 e. The molecule has 0 saturated heterocycles. The Morgan fingerprint density at radius 3 is 1.74 bits per heavy atom. The summed E-state index contributed by atoms with van der Waals surface area (Å²) in [6, 6.07) is 68.9. The molecule has 1 aliphatic rings. The Morgan fingerprint density at radius 2 is 1.00 bits per heavy atom. The lowest BCUT2D eigenvalue weighted by Gasteiger charge is -2.10. The van der Waals surface area contributed by atoms with Crippen molar-refractivity contribution in [1.29, 1.82) is 0 Å². The molecule has 0 N–H and O–H groups in total. The molecule has 3 heterocycles. The van der Waals surface area contributed by atoms with Crippen LogP contribution in [0.5, 0.6) is 0 Å². The summed E-state index contributed by atoms with van der Waals surface area (Å²) in [6.45, 7) is 4.67. The van der Waals surface area contributed by atoms with Gasteiger partial charge in [0.25, 0.3) is 0 Å². The molecule has 58 heavy (non-hydrogen) atoms. The van der Waals surface area contributed by atoms with Crippen LogP contribution in [0.2, 0.25) is 0 Å². The first-order chi connectivity index (χ1) is 28.7. The van der Waals surface area contributed by atoms with E-state index >= 15 is 0 Å². The third-order valence-corrected chi connectivity index (χ3v) is 12.3. The van der Waals surface area contributed by atoms with E-state index in [9.17, 15) is 0 Å². The molecule has 0 unspecified atom stereocenters. The highest BCUT2D eigenvalue weighted by atomic mass is 32.1. The number of amidine groups is 1. The summed E-state index contributed by atoms with van der Waals surface area (Å²) >= 11 is 1.81. The molecular weight excluding hydrogens is 723 g/mol. The number of para-hydroxylation sites is 2. The van der Waals surface area contributed by atoms with E-state index in [2.05, 4.69) is 211 Å². The van der Waals surface area contributed by atoms with Crippen molar-refractivity contribution in [3.05, 3.63) is 229 Å². The summed E-state index contributed by atoms with van der Waals surface area (Å²) in [7, 11) is 0. The summed E-state index contributed by atoms with van der Waals surface area (Å²) in [5, 5.41) is 4.83. The van der Waals surface area contributed by atoms with Crippen molar-refractivity contribution in [3.8, 4) is 27.9 Å². The average Bonchev–Trinajstić information content (AvgIpc) is 3.78. The van der Waals surface area contributed by atoms with Gasteiger partial charge < -0.3 is 4.57 Å². The van der Waals surface area contributed by atoms with Gasteiger partial charge in [-0.25, -0.2) is 9.98 Å². The van der Waals surface area contributed by atoms with Gasteiger partial charge in [-0.2, -0.15) is 0 Å². The van der Waals surface area contributed by atoms with Gasteiger partial charge in [-0.3, -0.25) is 0 Å². The van der Waals surface area contributed by atoms with E-state index in [1.807, 2.05) is 11.3 Å². The van der Waals surface area contributed by atoms with Gasteiger partial charge in [-0.05, 0) is 70.3 Å². The Bertz CT molecular complexity index is 3310. The van der Waals surface area contributed by atoms with Crippen LogP contribution in [0.25, 0.3) is 75.6 Å². The number of nitrogens with zero attached hydrogens (tertiary/aromatic N) is 3. The predicted octanol–water partition coefficient (Wildman–Crippen LogP) is 14.3. The Morgan fingerprint density at radius 1 is 0.431 bits per heavy atom. The molecule has 11 rings (SSSR count). The second kappa shape index (κ2) is 14.0. The van der Waals surface area contributed by atoms with Crippen molar-refractivity contribution in [2.24, 2.45) is 9.98 Å². The van der Waals surface area contributed by atoms with Gasteiger partial charge >= 0.3 is 0 Å². The van der Waals surface area contributed by atoms with Crippen LogP contribution in [0.4, 0.5) is 0 Å². The molecule has 0 spiro atoms. The molecule has 10 aromatic rings. The van der Waals surface area contributed by atoms with Crippen molar-refractivity contribution in [1.82, 2.24) is 4.57 Å². The highest BCUT2D eigenvalue weighted by molar-refractivity contribution is 7.25. The molecule has 0 bridgehead atoms. The molecule has 2 aromatic heterocycles. The van der Waals surface area contributed by atoms with Gasteiger partial charge in [0.1, 0.15) is 0 Å². The zero-order valence-electron chi connectivity index (χ0n) is 31.5. The molecule has 0 atom stereocenters.